The smallest absolute Gasteiger partial charge is 0.345 e. The molecule has 9 heteroatoms. The van der Waals surface area contributed by atoms with Crippen LogP contribution in [0.15, 0.2) is 18.3 Å². The highest BCUT2D eigenvalue weighted by atomic mass is 19.3. The molecule has 0 amide bonds. The molecule has 1 N–H and O–H groups in total. The van der Waals surface area contributed by atoms with E-state index in [2.05, 4.69) is 28.5 Å². The molecule has 210 valence electrons. The van der Waals surface area contributed by atoms with Crippen LogP contribution in [0.25, 0.3) is 11.0 Å². The molecule has 0 bridgehead atoms. The number of carbonyl (C=O) groups is 2. The van der Waals surface area contributed by atoms with E-state index in [1.807, 2.05) is 31.4 Å². The average Bonchev–Trinajstić information content (AvgIpc) is 3.09. The molecule has 2 fully saturated rings. The van der Waals surface area contributed by atoms with Gasteiger partial charge in [0.1, 0.15) is 11.4 Å². The summed E-state index contributed by atoms with van der Waals surface area (Å²) in [6.07, 6.45) is 6.74. The molecule has 2 aromatic rings. The first-order chi connectivity index (χ1) is 17.6. The van der Waals surface area contributed by atoms with Crippen molar-refractivity contribution in [3.8, 4) is 0 Å². The van der Waals surface area contributed by atoms with Crippen LogP contribution in [0, 0.1) is 12.8 Å². The van der Waals surface area contributed by atoms with E-state index in [1.165, 1.54) is 20.3 Å². The van der Waals surface area contributed by atoms with Crippen molar-refractivity contribution in [3.05, 3.63) is 29.6 Å². The largest absolute Gasteiger partial charge is 0.478 e. The zero-order chi connectivity index (χ0) is 28.1. The Kier molecular flexibility index (Phi) is 14.5. The molecule has 0 radical (unpaired) electrons. The summed E-state index contributed by atoms with van der Waals surface area (Å²) in [5.41, 5.74) is 1.81. The predicted molar refractivity (Wildman–Crippen MR) is 143 cm³/mol. The summed E-state index contributed by atoms with van der Waals surface area (Å²) in [5.74, 6) is -0.292. The molecule has 2 aliphatic rings. The van der Waals surface area contributed by atoms with Crippen LogP contribution in [0.4, 0.5) is 8.78 Å². The van der Waals surface area contributed by atoms with Crippen LogP contribution in [0.3, 0.4) is 0 Å². The molecular weight excluding hydrogens is 480 g/mol. The van der Waals surface area contributed by atoms with Gasteiger partial charge in [0.15, 0.2) is 0 Å². The van der Waals surface area contributed by atoms with E-state index in [9.17, 15) is 23.5 Å². The van der Waals surface area contributed by atoms with Gasteiger partial charge in [-0.25, -0.2) is 9.78 Å². The van der Waals surface area contributed by atoms with Gasteiger partial charge in [0, 0.05) is 43.0 Å². The normalized spacial score (nSPS) is 19.5. The number of ketones is 1. The number of hydrogen-bond acceptors (Lipinski definition) is 5. The highest BCUT2D eigenvalue weighted by Crippen LogP contribution is 2.33. The Labute approximate surface area is 220 Å². The van der Waals surface area contributed by atoms with E-state index in [4.69, 9.17) is 0 Å². The van der Waals surface area contributed by atoms with Crippen LogP contribution < -0.4 is 0 Å². The maximum Gasteiger partial charge on any atom is 0.345 e. The van der Waals surface area contributed by atoms with Crippen LogP contribution in [-0.2, 0) is 16.1 Å². The first kappa shape index (κ1) is 32.6. The number of alkyl halides is 2. The van der Waals surface area contributed by atoms with E-state index < -0.39 is 12.6 Å². The molecule has 1 aliphatic heterocycles. The predicted octanol–water partition coefficient (Wildman–Crippen LogP) is 6.56. The minimum atomic E-state index is -2.69. The number of halogens is 2. The lowest BCUT2D eigenvalue weighted by Crippen LogP contribution is -2.57. The maximum atomic E-state index is 12.2. The number of rotatable bonds is 6. The van der Waals surface area contributed by atoms with Gasteiger partial charge in [0.25, 0.3) is 0 Å². The number of ether oxygens (including phenoxy) is 1. The number of pyridine rings is 1. The van der Waals surface area contributed by atoms with Crippen LogP contribution in [0.2, 0.25) is 0 Å². The van der Waals surface area contributed by atoms with Gasteiger partial charge in [-0.15, -0.1) is 0 Å². The van der Waals surface area contributed by atoms with Crippen molar-refractivity contribution in [1.82, 2.24) is 14.5 Å². The van der Waals surface area contributed by atoms with E-state index in [0.717, 1.165) is 43.6 Å². The van der Waals surface area contributed by atoms with Crippen LogP contribution in [0.5, 0.6) is 0 Å². The number of Topliss-reactive ketones (excluding diaryl/α,β-unsaturated/α-hetero) is 1. The zero-order valence-corrected chi connectivity index (χ0v) is 23.5. The van der Waals surface area contributed by atoms with Crippen LogP contribution in [-0.4, -0.2) is 63.2 Å². The summed E-state index contributed by atoms with van der Waals surface area (Å²) in [6, 6.07) is 4.01. The SMILES string of the molecule is CC.CC(C)=O.CCC.Cc1c(C(=O)O)c2cccnc2n1CC1CCC(N2CC(OC(F)F)C2)CC1. The fraction of sp³-hybridized carbons (Fsp3) is 0.679. The first-order valence-corrected chi connectivity index (χ1v) is 13.4. The highest BCUT2D eigenvalue weighted by molar-refractivity contribution is 6.03. The lowest BCUT2D eigenvalue weighted by atomic mass is 9.84. The maximum absolute atomic E-state index is 12.2. The third kappa shape index (κ3) is 9.78. The Morgan fingerprint density at radius 2 is 1.68 bits per heavy atom. The van der Waals surface area contributed by atoms with E-state index in [1.54, 1.807) is 12.3 Å². The molecule has 0 atom stereocenters. The standard InChI is InChI=1S/C20H25F2N3O3.C3H6O.C3H8.C2H6/c1-12-17(19(26)27)16-3-2-8-23-18(16)25(12)9-13-4-6-14(7-5-13)24-10-15(11-24)28-20(21)22;1-3(2)4;1-3-2;1-2/h2-3,8,13-15,20H,4-7,9-11H2,1H3,(H,26,27);1-2H3;3H2,1-2H3;1-2H3. The number of fused-ring (bicyclic) bond motifs is 1. The Morgan fingerprint density at radius 3 is 2.16 bits per heavy atom. The van der Waals surface area contributed by atoms with Crippen molar-refractivity contribution in [2.24, 2.45) is 5.92 Å². The third-order valence-corrected chi connectivity index (χ3v) is 6.24. The molecule has 0 unspecified atom stereocenters. The summed E-state index contributed by atoms with van der Waals surface area (Å²) in [6.45, 7) is 12.4. The van der Waals surface area contributed by atoms with Crippen molar-refractivity contribution >= 4 is 22.8 Å². The first-order valence-electron chi connectivity index (χ1n) is 13.4. The molecule has 0 aromatic carbocycles. The number of hydrogen-bond donors (Lipinski definition) is 1. The molecule has 0 spiro atoms. The summed E-state index contributed by atoms with van der Waals surface area (Å²) < 4.78 is 31.1. The van der Waals surface area contributed by atoms with Crippen molar-refractivity contribution in [2.45, 2.75) is 106 Å². The molecule has 1 aliphatic carbocycles. The van der Waals surface area contributed by atoms with Gasteiger partial charge in [0.05, 0.1) is 11.7 Å². The summed E-state index contributed by atoms with van der Waals surface area (Å²) in [5, 5.41) is 10.3. The van der Waals surface area contributed by atoms with Crippen LogP contribution >= 0.6 is 0 Å². The molecule has 7 nitrogen and oxygen atoms in total. The average molecular weight is 526 g/mol. The van der Waals surface area contributed by atoms with Crippen LogP contribution in [0.1, 0.15) is 89.7 Å². The molecule has 1 saturated heterocycles. The number of aromatic nitrogens is 2. The van der Waals surface area contributed by atoms with Gasteiger partial charge in [-0.3, -0.25) is 4.90 Å². The van der Waals surface area contributed by atoms with Gasteiger partial charge in [-0.1, -0.05) is 34.1 Å². The topological polar surface area (TPSA) is 84.7 Å². The van der Waals surface area contributed by atoms with Gasteiger partial charge < -0.3 is 19.2 Å². The number of aromatic carboxylic acids is 1. The number of carboxylic acids is 1. The zero-order valence-electron chi connectivity index (χ0n) is 23.5. The van der Waals surface area contributed by atoms with Gasteiger partial charge >= 0.3 is 12.6 Å². The Balaban J connectivity index is 0.000000670. The van der Waals surface area contributed by atoms with Crippen molar-refractivity contribution in [2.75, 3.05) is 13.1 Å². The second-order valence-electron chi connectivity index (χ2n) is 9.51. The Hall–Kier alpha value is -2.39. The van der Waals surface area contributed by atoms with Crippen molar-refractivity contribution < 1.29 is 28.2 Å². The Morgan fingerprint density at radius 1 is 1.14 bits per heavy atom. The van der Waals surface area contributed by atoms with E-state index in [0.29, 0.717) is 36.0 Å². The number of carbonyl (C=O) groups excluding carboxylic acids is 1. The summed E-state index contributed by atoms with van der Waals surface area (Å²) in [7, 11) is 0. The number of nitrogens with zero attached hydrogens (tertiary/aromatic N) is 3. The summed E-state index contributed by atoms with van der Waals surface area (Å²) in [4.78, 5) is 27.8. The Bertz CT molecular complexity index is 962. The third-order valence-electron chi connectivity index (χ3n) is 6.24. The monoisotopic (exact) mass is 525 g/mol. The molecule has 2 aromatic heterocycles. The van der Waals surface area contributed by atoms with Gasteiger partial charge in [0.2, 0.25) is 0 Å². The molecule has 1 saturated carbocycles. The fourth-order valence-electron chi connectivity index (χ4n) is 4.74. The lowest BCUT2D eigenvalue weighted by molar-refractivity contribution is -0.202. The molecule has 3 heterocycles. The van der Waals surface area contributed by atoms with Gasteiger partial charge in [-0.2, -0.15) is 8.78 Å². The van der Waals surface area contributed by atoms with E-state index >= 15 is 0 Å². The quantitative estimate of drug-likeness (QED) is 0.460. The van der Waals surface area contributed by atoms with Crippen molar-refractivity contribution in [1.29, 1.82) is 0 Å². The fourth-order valence-corrected chi connectivity index (χ4v) is 4.74. The second kappa shape index (κ2) is 16.5. The highest BCUT2D eigenvalue weighted by Gasteiger charge is 2.36. The minimum Gasteiger partial charge on any atom is -0.478 e. The second-order valence-corrected chi connectivity index (χ2v) is 9.51. The van der Waals surface area contributed by atoms with Gasteiger partial charge in [-0.05, 0) is 64.5 Å². The molecule has 37 heavy (non-hydrogen) atoms. The minimum absolute atomic E-state index is 0.167. The summed E-state index contributed by atoms with van der Waals surface area (Å²) >= 11 is 0. The molecule has 4 rings (SSSR count). The van der Waals surface area contributed by atoms with E-state index in [-0.39, 0.29) is 11.9 Å². The lowest BCUT2D eigenvalue weighted by Gasteiger charge is -2.46. The van der Waals surface area contributed by atoms with Crippen molar-refractivity contribution in [3.63, 3.8) is 0 Å². The number of carboxylic acid groups (broad SMARTS) is 1. The molecular formula is C28H45F2N3O4. The number of likely N-dealkylation sites (tertiary alicyclic amines) is 1.